The van der Waals surface area contributed by atoms with Crippen LogP contribution in [-0.4, -0.2) is 66.6 Å². The molecular weight excluding hydrogens is 263 g/mol. The van der Waals surface area contributed by atoms with Crippen molar-refractivity contribution in [2.75, 3.05) is 32.7 Å². The monoisotopic (exact) mass is 281 g/mol. The largest absolute Gasteiger partial charge is 0.471 e. The van der Waals surface area contributed by atoms with Gasteiger partial charge in [0.05, 0.1) is 0 Å². The summed E-state index contributed by atoms with van der Waals surface area (Å²) in [4.78, 5) is 26.2. The molecule has 1 fully saturated rings. The van der Waals surface area contributed by atoms with Gasteiger partial charge in [0.25, 0.3) is 0 Å². The van der Waals surface area contributed by atoms with Gasteiger partial charge in [-0.3, -0.25) is 9.59 Å². The summed E-state index contributed by atoms with van der Waals surface area (Å²) in [7, 11) is 0. The molecule has 1 rings (SSSR count). The van der Waals surface area contributed by atoms with Crippen LogP contribution < -0.4 is 5.32 Å². The molecule has 1 saturated heterocycles. The van der Waals surface area contributed by atoms with Gasteiger partial charge < -0.3 is 15.1 Å². The Labute approximate surface area is 109 Å². The van der Waals surface area contributed by atoms with E-state index in [9.17, 15) is 22.8 Å². The summed E-state index contributed by atoms with van der Waals surface area (Å²) in [5.41, 5.74) is 0. The van der Waals surface area contributed by atoms with Crippen molar-refractivity contribution in [1.82, 2.24) is 15.1 Å². The summed E-state index contributed by atoms with van der Waals surface area (Å²) in [6, 6.07) is -1.16. The number of carbonyl (C=O) groups is 2. The Morgan fingerprint density at radius 1 is 1.21 bits per heavy atom. The minimum Gasteiger partial charge on any atom is -0.338 e. The Bertz CT molecular complexity index is 339. The van der Waals surface area contributed by atoms with Gasteiger partial charge in [-0.15, -0.1) is 0 Å². The maximum atomic E-state index is 12.1. The number of hydrogen-bond donors (Lipinski definition) is 1. The van der Waals surface area contributed by atoms with Gasteiger partial charge in [0.15, 0.2) is 0 Å². The zero-order chi connectivity index (χ0) is 14.6. The van der Waals surface area contributed by atoms with E-state index in [1.807, 2.05) is 6.92 Å². The second kappa shape index (κ2) is 6.23. The van der Waals surface area contributed by atoms with Crippen LogP contribution in [0.4, 0.5) is 13.2 Å². The highest BCUT2D eigenvalue weighted by molar-refractivity contribution is 5.89. The summed E-state index contributed by atoms with van der Waals surface area (Å²) in [5, 5.41) is 1.67. The zero-order valence-electron chi connectivity index (χ0n) is 11.0. The van der Waals surface area contributed by atoms with E-state index in [0.29, 0.717) is 26.2 Å². The van der Waals surface area contributed by atoms with Gasteiger partial charge in [-0.25, -0.2) is 0 Å². The lowest BCUT2D eigenvalue weighted by Gasteiger charge is -2.35. The lowest BCUT2D eigenvalue weighted by Crippen LogP contribution is -2.55. The summed E-state index contributed by atoms with van der Waals surface area (Å²) >= 11 is 0. The molecule has 0 aromatic carbocycles. The number of piperazine rings is 1. The number of likely N-dealkylation sites (N-methyl/N-ethyl adjacent to an activating group) is 1. The first-order valence-corrected chi connectivity index (χ1v) is 6.14. The molecule has 1 heterocycles. The SMILES string of the molecule is CCN1CCN(C(=O)C(C)NC(=O)C(F)(F)F)CC1. The van der Waals surface area contributed by atoms with Gasteiger partial charge in [-0.2, -0.15) is 13.2 Å². The van der Waals surface area contributed by atoms with Crippen LogP contribution in [0.1, 0.15) is 13.8 Å². The maximum Gasteiger partial charge on any atom is 0.471 e. The fourth-order valence-electron chi connectivity index (χ4n) is 1.90. The molecule has 1 aliphatic heterocycles. The molecule has 5 nitrogen and oxygen atoms in total. The van der Waals surface area contributed by atoms with Crippen molar-refractivity contribution < 1.29 is 22.8 Å². The van der Waals surface area contributed by atoms with Crippen molar-refractivity contribution in [3.8, 4) is 0 Å². The lowest BCUT2D eigenvalue weighted by molar-refractivity contribution is -0.175. The zero-order valence-corrected chi connectivity index (χ0v) is 11.0. The van der Waals surface area contributed by atoms with Crippen LogP contribution in [0.5, 0.6) is 0 Å². The van der Waals surface area contributed by atoms with Crippen molar-refractivity contribution in [3.05, 3.63) is 0 Å². The minimum absolute atomic E-state index is 0.471. The molecule has 0 aromatic heterocycles. The first-order valence-electron chi connectivity index (χ1n) is 6.14. The number of nitrogens with zero attached hydrogens (tertiary/aromatic N) is 2. The van der Waals surface area contributed by atoms with E-state index in [1.54, 1.807) is 5.32 Å². The van der Waals surface area contributed by atoms with Crippen molar-refractivity contribution in [2.45, 2.75) is 26.1 Å². The first kappa shape index (κ1) is 15.7. The van der Waals surface area contributed by atoms with E-state index in [0.717, 1.165) is 6.54 Å². The molecule has 1 aliphatic rings. The number of rotatable bonds is 3. The van der Waals surface area contributed by atoms with Crippen LogP contribution in [0.3, 0.4) is 0 Å². The molecule has 8 heteroatoms. The van der Waals surface area contributed by atoms with Gasteiger partial charge in [-0.1, -0.05) is 6.92 Å². The quantitative estimate of drug-likeness (QED) is 0.805. The molecule has 0 spiro atoms. The minimum atomic E-state index is -4.96. The van der Waals surface area contributed by atoms with Crippen molar-refractivity contribution in [1.29, 1.82) is 0 Å². The van der Waals surface area contributed by atoms with Crippen LogP contribution in [0.15, 0.2) is 0 Å². The van der Waals surface area contributed by atoms with Crippen molar-refractivity contribution in [2.24, 2.45) is 0 Å². The highest BCUT2D eigenvalue weighted by Crippen LogP contribution is 2.14. The third kappa shape index (κ3) is 4.38. The molecule has 2 amide bonds. The first-order chi connectivity index (χ1) is 8.75. The molecule has 0 radical (unpaired) electrons. The lowest BCUT2D eigenvalue weighted by atomic mass is 10.2. The third-order valence-electron chi connectivity index (χ3n) is 3.11. The Morgan fingerprint density at radius 3 is 2.16 bits per heavy atom. The average Bonchev–Trinajstić information content (AvgIpc) is 2.36. The standard InChI is InChI=1S/C11H18F3N3O2/c1-3-16-4-6-17(7-5-16)9(18)8(2)15-10(19)11(12,13)14/h8H,3-7H2,1-2H3,(H,15,19). The van der Waals surface area contributed by atoms with E-state index in [2.05, 4.69) is 4.90 Å². The molecular formula is C11H18F3N3O2. The second-order valence-corrected chi connectivity index (χ2v) is 4.45. The number of halogens is 3. The average molecular weight is 281 g/mol. The van der Waals surface area contributed by atoms with Gasteiger partial charge in [0, 0.05) is 26.2 Å². The van der Waals surface area contributed by atoms with Gasteiger partial charge >= 0.3 is 12.1 Å². The Hall–Kier alpha value is -1.31. The van der Waals surface area contributed by atoms with Gasteiger partial charge in [-0.05, 0) is 13.5 Å². The summed E-state index contributed by atoms with van der Waals surface area (Å²) in [5.74, 6) is -2.56. The Balaban J connectivity index is 2.47. The molecule has 0 saturated carbocycles. The van der Waals surface area contributed by atoms with Gasteiger partial charge in [0.2, 0.25) is 5.91 Å². The van der Waals surface area contributed by atoms with Crippen LogP contribution in [0.2, 0.25) is 0 Å². The molecule has 0 bridgehead atoms. The fraction of sp³-hybridized carbons (Fsp3) is 0.818. The van der Waals surface area contributed by atoms with E-state index >= 15 is 0 Å². The van der Waals surface area contributed by atoms with E-state index in [-0.39, 0.29) is 0 Å². The van der Waals surface area contributed by atoms with Crippen LogP contribution in [0.25, 0.3) is 0 Å². The molecule has 110 valence electrons. The summed E-state index contributed by atoms with van der Waals surface area (Å²) in [6.07, 6.45) is -4.96. The molecule has 0 aliphatic carbocycles. The van der Waals surface area contributed by atoms with Crippen LogP contribution >= 0.6 is 0 Å². The topological polar surface area (TPSA) is 52.6 Å². The van der Waals surface area contributed by atoms with Crippen LogP contribution in [0, 0.1) is 0 Å². The van der Waals surface area contributed by atoms with Gasteiger partial charge in [0.1, 0.15) is 6.04 Å². The molecule has 1 atom stereocenters. The predicted molar refractivity (Wildman–Crippen MR) is 62.4 cm³/mol. The third-order valence-corrected chi connectivity index (χ3v) is 3.11. The number of amides is 2. The number of carbonyl (C=O) groups excluding carboxylic acids is 2. The molecule has 1 N–H and O–H groups in total. The number of alkyl halides is 3. The van der Waals surface area contributed by atoms with Crippen molar-refractivity contribution in [3.63, 3.8) is 0 Å². The second-order valence-electron chi connectivity index (χ2n) is 4.45. The summed E-state index contributed by atoms with van der Waals surface area (Å²) in [6.45, 7) is 6.48. The smallest absolute Gasteiger partial charge is 0.338 e. The fourth-order valence-corrected chi connectivity index (χ4v) is 1.90. The molecule has 0 aromatic rings. The Kier molecular flexibility index (Phi) is 5.16. The summed E-state index contributed by atoms with van der Waals surface area (Å²) < 4.78 is 36.2. The van der Waals surface area contributed by atoms with E-state index < -0.39 is 24.0 Å². The van der Waals surface area contributed by atoms with Crippen molar-refractivity contribution >= 4 is 11.8 Å². The van der Waals surface area contributed by atoms with Crippen LogP contribution in [-0.2, 0) is 9.59 Å². The highest BCUT2D eigenvalue weighted by Gasteiger charge is 2.40. The number of hydrogen-bond acceptors (Lipinski definition) is 3. The molecule has 19 heavy (non-hydrogen) atoms. The highest BCUT2D eigenvalue weighted by atomic mass is 19.4. The maximum absolute atomic E-state index is 12.1. The van der Waals surface area contributed by atoms with E-state index in [4.69, 9.17) is 0 Å². The Morgan fingerprint density at radius 2 is 1.74 bits per heavy atom. The number of nitrogens with one attached hydrogen (secondary N) is 1. The van der Waals surface area contributed by atoms with E-state index in [1.165, 1.54) is 11.8 Å². The molecule has 1 unspecified atom stereocenters. The predicted octanol–water partition coefficient (Wildman–Crippen LogP) is 0.217. The normalized spacial score (nSPS) is 19.1.